The summed E-state index contributed by atoms with van der Waals surface area (Å²) in [5.74, 6) is 2.07. The van der Waals surface area contributed by atoms with Gasteiger partial charge in [0.25, 0.3) is 0 Å². The van der Waals surface area contributed by atoms with Gasteiger partial charge in [-0.1, -0.05) is 13.8 Å². The van der Waals surface area contributed by atoms with Gasteiger partial charge in [-0.25, -0.2) is 5.84 Å². The molecule has 0 radical (unpaired) electrons. The van der Waals surface area contributed by atoms with E-state index in [0.717, 1.165) is 0 Å². The van der Waals surface area contributed by atoms with Crippen molar-refractivity contribution in [3.8, 4) is 0 Å². The first-order valence-electron chi connectivity index (χ1n) is 5.51. The second-order valence-electron chi connectivity index (χ2n) is 5.07. The van der Waals surface area contributed by atoms with Crippen molar-refractivity contribution >= 4 is 18.3 Å². The van der Waals surface area contributed by atoms with Crippen molar-refractivity contribution in [1.29, 1.82) is 0 Å². The number of aliphatic carboxylic acids is 2. The molecule has 1 aliphatic rings. The summed E-state index contributed by atoms with van der Waals surface area (Å²) in [6.07, 6.45) is 1.29. The Kier molecular flexibility index (Phi) is 5.29. The summed E-state index contributed by atoms with van der Waals surface area (Å²) >= 11 is 0. The third kappa shape index (κ3) is 2.79. The van der Waals surface area contributed by atoms with Crippen LogP contribution in [0.4, 0.5) is 0 Å². The lowest BCUT2D eigenvalue weighted by Crippen LogP contribution is -2.42. The van der Waals surface area contributed by atoms with Crippen LogP contribution < -0.4 is 11.3 Å². The lowest BCUT2D eigenvalue weighted by Gasteiger charge is -2.36. The van der Waals surface area contributed by atoms with Crippen LogP contribution in [0.25, 0.3) is 0 Å². The van der Waals surface area contributed by atoms with Gasteiger partial charge in [0.15, 0.2) is 0 Å². The first kappa shape index (κ1) is 16.4. The van der Waals surface area contributed by atoms with Gasteiger partial charge >= 0.3 is 11.9 Å². The van der Waals surface area contributed by atoms with Crippen LogP contribution in [0.5, 0.6) is 0 Å². The number of carbonyl (C=O) groups is 3. The van der Waals surface area contributed by atoms with E-state index >= 15 is 0 Å². The molecule has 18 heavy (non-hydrogen) atoms. The van der Waals surface area contributed by atoms with Gasteiger partial charge in [0.05, 0.1) is 11.3 Å². The van der Waals surface area contributed by atoms with E-state index in [0.29, 0.717) is 19.3 Å². The SMILES string of the molecule is CC1(C(=O)O)CCC(C(=O)O)C1(C)C.NNC=O. The molecule has 1 amide bonds. The molecule has 2 unspecified atom stereocenters. The maximum atomic E-state index is 11.1. The number of amides is 1. The van der Waals surface area contributed by atoms with Gasteiger partial charge in [-0.2, -0.15) is 0 Å². The molecular formula is C11H20N2O5. The fourth-order valence-corrected chi connectivity index (χ4v) is 2.32. The van der Waals surface area contributed by atoms with E-state index in [2.05, 4.69) is 5.84 Å². The van der Waals surface area contributed by atoms with Crippen molar-refractivity contribution in [2.24, 2.45) is 22.6 Å². The molecule has 1 fully saturated rings. The number of hydrogen-bond acceptors (Lipinski definition) is 4. The molecule has 104 valence electrons. The van der Waals surface area contributed by atoms with Gasteiger partial charge in [-0.15, -0.1) is 0 Å². The summed E-state index contributed by atoms with van der Waals surface area (Å²) < 4.78 is 0. The maximum absolute atomic E-state index is 11.1. The number of nitrogens with one attached hydrogen (secondary N) is 1. The van der Waals surface area contributed by atoms with E-state index < -0.39 is 28.7 Å². The molecule has 0 heterocycles. The quantitative estimate of drug-likeness (QED) is 0.248. The number of carboxylic acids is 2. The largest absolute Gasteiger partial charge is 0.481 e. The minimum Gasteiger partial charge on any atom is -0.481 e. The summed E-state index contributed by atoms with van der Waals surface area (Å²) in [5.41, 5.74) is 0.140. The maximum Gasteiger partial charge on any atom is 0.309 e. The molecule has 0 aliphatic heterocycles. The summed E-state index contributed by atoms with van der Waals surface area (Å²) in [7, 11) is 0. The van der Waals surface area contributed by atoms with E-state index in [1.165, 1.54) is 0 Å². The smallest absolute Gasteiger partial charge is 0.309 e. The summed E-state index contributed by atoms with van der Waals surface area (Å²) in [6.45, 7) is 5.10. The third-order valence-corrected chi connectivity index (χ3v) is 4.06. The minimum atomic E-state index is -0.921. The van der Waals surface area contributed by atoms with Gasteiger partial charge in [0.2, 0.25) is 6.41 Å². The molecular weight excluding hydrogens is 240 g/mol. The molecule has 1 aliphatic carbocycles. The molecule has 0 aromatic carbocycles. The lowest BCUT2D eigenvalue weighted by molar-refractivity contribution is -0.157. The molecule has 0 aromatic heterocycles. The van der Waals surface area contributed by atoms with Gasteiger partial charge in [-0.3, -0.25) is 19.8 Å². The Morgan fingerprint density at radius 3 is 1.94 bits per heavy atom. The van der Waals surface area contributed by atoms with Gasteiger partial charge in [-0.05, 0) is 25.2 Å². The van der Waals surface area contributed by atoms with Crippen LogP contribution in [0.15, 0.2) is 0 Å². The van der Waals surface area contributed by atoms with E-state index in [4.69, 9.17) is 15.0 Å². The standard InChI is InChI=1S/C10H16O4.CH4N2O/c1-9(2)6(7(11)12)4-5-10(9,3)8(13)14;2-3-1-4/h6H,4-5H2,1-3H3,(H,11,12)(H,13,14);1H,2H2,(H,3,4). The Labute approximate surface area is 105 Å². The number of nitrogens with two attached hydrogens (primary N) is 1. The van der Waals surface area contributed by atoms with Gasteiger partial charge in [0, 0.05) is 0 Å². The topological polar surface area (TPSA) is 130 Å². The van der Waals surface area contributed by atoms with E-state index in [1.807, 2.05) is 0 Å². The van der Waals surface area contributed by atoms with Crippen LogP contribution >= 0.6 is 0 Å². The van der Waals surface area contributed by atoms with E-state index in [9.17, 15) is 9.59 Å². The van der Waals surface area contributed by atoms with Crippen molar-refractivity contribution < 1.29 is 24.6 Å². The van der Waals surface area contributed by atoms with Gasteiger partial charge in [0.1, 0.15) is 0 Å². The number of hydrogen-bond donors (Lipinski definition) is 4. The van der Waals surface area contributed by atoms with E-state index in [-0.39, 0.29) is 0 Å². The highest BCUT2D eigenvalue weighted by Crippen LogP contribution is 2.56. The third-order valence-electron chi connectivity index (χ3n) is 4.06. The fraction of sp³-hybridized carbons (Fsp3) is 0.727. The molecule has 0 bridgehead atoms. The highest BCUT2D eigenvalue weighted by molar-refractivity contribution is 5.80. The molecule has 1 rings (SSSR count). The molecule has 7 heteroatoms. The zero-order valence-electron chi connectivity index (χ0n) is 10.8. The zero-order chi connectivity index (χ0) is 14.6. The Balaban J connectivity index is 0.000000631. The molecule has 0 saturated heterocycles. The van der Waals surface area contributed by atoms with Crippen LogP contribution in [0.1, 0.15) is 33.6 Å². The zero-order valence-corrected chi connectivity index (χ0v) is 10.8. The molecule has 1 saturated carbocycles. The molecule has 0 aromatic rings. The first-order chi connectivity index (χ1) is 8.15. The molecule has 7 nitrogen and oxygen atoms in total. The fourth-order valence-electron chi connectivity index (χ4n) is 2.32. The van der Waals surface area contributed by atoms with Gasteiger partial charge < -0.3 is 10.2 Å². The van der Waals surface area contributed by atoms with Crippen LogP contribution in [0.3, 0.4) is 0 Å². The predicted molar refractivity (Wildman–Crippen MR) is 63.3 cm³/mol. The van der Waals surface area contributed by atoms with Crippen LogP contribution in [0, 0.1) is 16.7 Å². The minimum absolute atomic E-state index is 0.403. The first-order valence-corrected chi connectivity index (χ1v) is 5.51. The summed E-state index contributed by atoms with van der Waals surface area (Å²) in [6, 6.07) is 0. The Morgan fingerprint density at radius 1 is 1.33 bits per heavy atom. The predicted octanol–water partition coefficient (Wildman–Crippen LogP) is 0.204. The van der Waals surface area contributed by atoms with Crippen LogP contribution in [-0.4, -0.2) is 28.6 Å². The van der Waals surface area contributed by atoms with E-state index in [1.54, 1.807) is 26.2 Å². The molecule has 0 spiro atoms. The Hall–Kier alpha value is -1.63. The van der Waals surface area contributed by atoms with Crippen molar-refractivity contribution in [1.82, 2.24) is 5.43 Å². The number of rotatable bonds is 3. The highest BCUT2D eigenvalue weighted by Gasteiger charge is 2.58. The monoisotopic (exact) mass is 260 g/mol. The molecule has 5 N–H and O–H groups in total. The van der Waals surface area contributed by atoms with Crippen molar-refractivity contribution in [2.45, 2.75) is 33.6 Å². The van der Waals surface area contributed by atoms with Crippen LogP contribution in [-0.2, 0) is 14.4 Å². The van der Waals surface area contributed by atoms with Crippen molar-refractivity contribution in [3.63, 3.8) is 0 Å². The lowest BCUT2D eigenvalue weighted by atomic mass is 9.66. The average Bonchev–Trinajstić information content (AvgIpc) is 2.52. The second-order valence-corrected chi connectivity index (χ2v) is 5.07. The summed E-state index contributed by atoms with van der Waals surface area (Å²) in [5, 5.41) is 18.1. The Morgan fingerprint density at radius 2 is 1.78 bits per heavy atom. The number of carboxylic acid groups (broad SMARTS) is 2. The molecule has 2 atom stereocenters. The number of carbonyl (C=O) groups excluding carboxylic acids is 1. The average molecular weight is 260 g/mol. The normalized spacial score (nSPS) is 28.8. The van der Waals surface area contributed by atoms with Crippen molar-refractivity contribution in [3.05, 3.63) is 0 Å². The Bertz CT molecular complexity index is 342. The summed E-state index contributed by atoms with van der Waals surface area (Å²) in [4.78, 5) is 31.0. The number of hydrazine groups is 1. The highest BCUT2D eigenvalue weighted by atomic mass is 16.4. The van der Waals surface area contributed by atoms with Crippen molar-refractivity contribution in [2.75, 3.05) is 0 Å². The second kappa shape index (κ2) is 5.81. The van der Waals surface area contributed by atoms with Crippen LogP contribution in [0.2, 0.25) is 0 Å².